The van der Waals surface area contributed by atoms with Crippen LogP contribution in [0.2, 0.25) is 0 Å². The third-order valence-electron chi connectivity index (χ3n) is 2.59. The highest BCUT2D eigenvalue weighted by Gasteiger charge is 2.12. The van der Waals surface area contributed by atoms with Crippen molar-refractivity contribution >= 4 is 16.5 Å². The van der Waals surface area contributed by atoms with Gasteiger partial charge in [0.1, 0.15) is 11.5 Å². The van der Waals surface area contributed by atoms with E-state index in [2.05, 4.69) is 22.4 Å². The van der Waals surface area contributed by atoms with Crippen molar-refractivity contribution in [3.8, 4) is 22.1 Å². The zero-order valence-corrected chi connectivity index (χ0v) is 12.1. The Morgan fingerprint density at radius 2 is 2.05 bits per heavy atom. The number of benzene rings is 1. The van der Waals surface area contributed by atoms with Crippen molar-refractivity contribution in [2.24, 2.45) is 0 Å². The highest BCUT2D eigenvalue weighted by atomic mass is 32.1. The second kappa shape index (κ2) is 6.38. The van der Waals surface area contributed by atoms with Crippen LogP contribution in [0.3, 0.4) is 0 Å². The summed E-state index contributed by atoms with van der Waals surface area (Å²) >= 11 is 1.51. The van der Waals surface area contributed by atoms with E-state index in [1.54, 1.807) is 14.2 Å². The Hall–Kier alpha value is -1.82. The van der Waals surface area contributed by atoms with Crippen LogP contribution < -0.4 is 14.8 Å². The molecule has 0 bridgehead atoms. The van der Waals surface area contributed by atoms with E-state index in [0.717, 1.165) is 40.2 Å². The molecule has 0 aliphatic heterocycles. The molecule has 0 saturated carbocycles. The maximum Gasteiger partial charge on any atom is 0.206 e. The summed E-state index contributed by atoms with van der Waals surface area (Å²) < 4.78 is 10.6. The molecular weight excluding hydrogens is 262 g/mol. The zero-order valence-electron chi connectivity index (χ0n) is 11.3. The Morgan fingerprint density at radius 3 is 2.74 bits per heavy atom. The van der Waals surface area contributed by atoms with Gasteiger partial charge >= 0.3 is 0 Å². The highest BCUT2D eigenvalue weighted by Crippen LogP contribution is 2.35. The van der Waals surface area contributed by atoms with Crippen LogP contribution >= 0.6 is 11.3 Å². The molecule has 2 rings (SSSR count). The molecule has 19 heavy (non-hydrogen) atoms. The van der Waals surface area contributed by atoms with Crippen molar-refractivity contribution in [1.82, 2.24) is 10.2 Å². The van der Waals surface area contributed by atoms with Gasteiger partial charge in [-0.3, -0.25) is 0 Å². The van der Waals surface area contributed by atoms with Crippen molar-refractivity contribution in [3.05, 3.63) is 18.2 Å². The molecule has 0 aliphatic rings. The lowest BCUT2D eigenvalue weighted by Crippen LogP contribution is -1.98. The predicted molar refractivity (Wildman–Crippen MR) is 77.2 cm³/mol. The van der Waals surface area contributed by atoms with E-state index in [-0.39, 0.29) is 0 Å². The molecule has 1 N–H and O–H groups in total. The second-order valence-corrected chi connectivity index (χ2v) is 4.88. The summed E-state index contributed by atoms with van der Waals surface area (Å²) in [6.07, 6.45) is 1.06. The predicted octanol–water partition coefficient (Wildman–Crippen LogP) is 3.04. The SMILES string of the molecule is CCCNc1nnc(-c2ccc(OC)cc2OC)s1. The average molecular weight is 279 g/mol. The molecule has 0 aliphatic carbocycles. The van der Waals surface area contributed by atoms with Crippen LogP contribution in [0.1, 0.15) is 13.3 Å². The fraction of sp³-hybridized carbons (Fsp3) is 0.385. The number of nitrogens with zero attached hydrogens (tertiary/aromatic N) is 2. The minimum atomic E-state index is 0.734. The largest absolute Gasteiger partial charge is 0.497 e. The van der Waals surface area contributed by atoms with Crippen LogP contribution in [0.25, 0.3) is 10.6 Å². The first kappa shape index (κ1) is 13.6. The third kappa shape index (κ3) is 3.14. The number of methoxy groups -OCH3 is 2. The van der Waals surface area contributed by atoms with Gasteiger partial charge in [0.25, 0.3) is 0 Å². The molecule has 0 atom stereocenters. The van der Waals surface area contributed by atoms with Crippen molar-refractivity contribution in [2.45, 2.75) is 13.3 Å². The average Bonchev–Trinajstić information content (AvgIpc) is 2.92. The minimum absolute atomic E-state index is 0.734. The molecule has 2 aromatic rings. The number of anilines is 1. The molecule has 0 fully saturated rings. The normalized spacial score (nSPS) is 10.3. The Kier molecular flexibility index (Phi) is 4.57. The van der Waals surface area contributed by atoms with E-state index in [1.807, 2.05) is 18.2 Å². The van der Waals surface area contributed by atoms with E-state index in [4.69, 9.17) is 9.47 Å². The topological polar surface area (TPSA) is 56.3 Å². The maximum absolute atomic E-state index is 5.37. The number of hydrogen-bond acceptors (Lipinski definition) is 6. The van der Waals surface area contributed by atoms with E-state index in [1.165, 1.54) is 11.3 Å². The number of aromatic nitrogens is 2. The fourth-order valence-corrected chi connectivity index (χ4v) is 2.41. The first-order chi connectivity index (χ1) is 9.28. The van der Waals surface area contributed by atoms with Gasteiger partial charge in [0, 0.05) is 12.6 Å². The monoisotopic (exact) mass is 279 g/mol. The Labute approximate surface area is 116 Å². The molecule has 1 aromatic heterocycles. The summed E-state index contributed by atoms with van der Waals surface area (Å²) in [7, 11) is 3.27. The Bertz CT molecular complexity index is 542. The van der Waals surface area contributed by atoms with E-state index < -0.39 is 0 Å². The van der Waals surface area contributed by atoms with Crippen LogP contribution in [0, 0.1) is 0 Å². The summed E-state index contributed by atoms with van der Waals surface area (Å²) in [4.78, 5) is 0. The van der Waals surface area contributed by atoms with Crippen molar-refractivity contribution in [3.63, 3.8) is 0 Å². The molecular formula is C13H17N3O2S. The lowest BCUT2D eigenvalue weighted by atomic mass is 10.2. The van der Waals surface area contributed by atoms with Gasteiger partial charge < -0.3 is 14.8 Å². The number of nitrogens with one attached hydrogen (secondary N) is 1. The van der Waals surface area contributed by atoms with Gasteiger partial charge in [-0.25, -0.2) is 0 Å². The smallest absolute Gasteiger partial charge is 0.206 e. The molecule has 0 radical (unpaired) electrons. The standard InChI is InChI=1S/C13H17N3O2S/c1-4-7-14-13-16-15-12(19-13)10-6-5-9(17-2)8-11(10)18-3/h5-6,8H,4,7H2,1-3H3,(H,14,16). The number of hydrogen-bond donors (Lipinski definition) is 1. The van der Waals surface area contributed by atoms with Gasteiger partial charge in [0.2, 0.25) is 5.13 Å². The molecule has 0 saturated heterocycles. The fourth-order valence-electron chi connectivity index (χ4n) is 1.61. The van der Waals surface area contributed by atoms with Crippen LogP contribution in [0.15, 0.2) is 18.2 Å². The molecule has 1 aromatic carbocycles. The summed E-state index contributed by atoms with van der Waals surface area (Å²) in [6, 6.07) is 5.66. The molecule has 0 unspecified atom stereocenters. The maximum atomic E-state index is 5.37. The molecule has 0 amide bonds. The third-order valence-corrected chi connectivity index (χ3v) is 3.50. The van der Waals surface area contributed by atoms with Crippen molar-refractivity contribution < 1.29 is 9.47 Å². The van der Waals surface area contributed by atoms with Gasteiger partial charge in [-0.2, -0.15) is 0 Å². The van der Waals surface area contributed by atoms with E-state index in [0.29, 0.717) is 0 Å². The second-order valence-electron chi connectivity index (χ2n) is 3.91. The summed E-state index contributed by atoms with van der Waals surface area (Å²) in [5.74, 6) is 1.49. The number of rotatable bonds is 6. The minimum Gasteiger partial charge on any atom is -0.497 e. The van der Waals surface area contributed by atoms with Crippen LogP contribution in [-0.4, -0.2) is 31.0 Å². The molecule has 6 heteroatoms. The van der Waals surface area contributed by atoms with Gasteiger partial charge in [-0.05, 0) is 18.6 Å². The van der Waals surface area contributed by atoms with Crippen molar-refractivity contribution in [1.29, 1.82) is 0 Å². The van der Waals surface area contributed by atoms with Crippen molar-refractivity contribution in [2.75, 3.05) is 26.1 Å². The lowest BCUT2D eigenvalue weighted by Gasteiger charge is -2.07. The summed E-state index contributed by atoms with van der Waals surface area (Å²) in [5.41, 5.74) is 0.922. The van der Waals surface area contributed by atoms with Gasteiger partial charge in [-0.15, -0.1) is 10.2 Å². The van der Waals surface area contributed by atoms with Gasteiger partial charge in [0.15, 0.2) is 5.01 Å². The molecule has 1 heterocycles. The van der Waals surface area contributed by atoms with Crippen LogP contribution in [0.4, 0.5) is 5.13 Å². The van der Waals surface area contributed by atoms with Gasteiger partial charge in [-0.1, -0.05) is 18.3 Å². The number of ether oxygens (including phenoxy) is 2. The van der Waals surface area contributed by atoms with E-state index in [9.17, 15) is 0 Å². The van der Waals surface area contributed by atoms with Crippen LogP contribution in [-0.2, 0) is 0 Å². The summed E-state index contributed by atoms with van der Waals surface area (Å²) in [6.45, 7) is 3.01. The first-order valence-corrected chi connectivity index (χ1v) is 6.90. The Morgan fingerprint density at radius 1 is 1.21 bits per heavy atom. The van der Waals surface area contributed by atoms with Gasteiger partial charge in [0.05, 0.1) is 19.8 Å². The first-order valence-electron chi connectivity index (χ1n) is 6.08. The lowest BCUT2D eigenvalue weighted by molar-refractivity contribution is 0.395. The van der Waals surface area contributed by atoms with Crippen LogP contribution in [0.5, 0.6) is 11.5 Å². The zero-order chi connectivity index (χ0) is 13.7. The molecule has 5 nitrogen and oxygen atoms in total. The Balaban J connectivity index is 2.27. The summed E-state index contributed by atoms with van der Waals surface area (Å²) in [5, 5.41) is 13.2. The molecule has 102 valence electrons. The quantitative estimate of drug-likeness (QED) is 0.880. The van der Waals surface area contributed by atoms with E-state index >= 15 is 0 Å². The molecule has 0 spiro atoms. The highest BCUT2D eigenvalue weighted by molar-refractivity contribution is 7.18.